The number of hydrogen-bond acceptors (Lipinski definition) is 5. The SMILES string of the molecule is Cc1nc(-c2ccc(-c3cccc(-c4ccccc4)c3)cc2)nc(N2c3ccccc3C3C=Cc4c(oc5ccccc45)C32)n1. The molecule has 0 N–H and O–H groups in total. The number of hydrogen-bond donors (Lipinski definition) is 0. The van der Waals surface area contributed by atoms with E-state index in [2.05, 4.69) is 126 Å². The van der Waals surface area contributed by atoms with E-state index in [0.29, 0.717) is 17.6 Å². The van der Waals surface area contributed by atoms with Crippen LogP contribution in [0.2, 0.25) is 0 Å². The maximum Gasteiger partial charge on any atom is 0.234 e. The van der Waals surface area contributed by atoms with Gasteiger partial charge >= 0.3 is 0 Å². The first-order valence-corrected chi connectivity index (χ1v) is 15.3. The molecule has 9 rings (SSSR count). The zero-order chi connectivity index (χ0) is 29.9. The fourth-order valence-corrected chi connectivity index (χ4v) is 6.89. The van der Waals surface area contributed by atoms with E-state index in [4.69, 9.17) is 19.4 Å². The molecule has 0 saturated heterocycles. The van der Waals surface area contributed by atoms with E-state index in [0.717, 1.165) is 39.1 Å². The molecule has 7 aromatic rings. The molecule has 2 aliphatic rings. The number of para-hydroxylation sites is 2. The first-order valence-electron chi connectivity index (χ1n) is 15.3. The fourth-order valence-electron chi connectivity index (χ4n) is 6.89. The molecule has 0 fully saturated rings. The number of nitrogens with zero attached hydrogens (tertiary/aromatic N) is 4. The van der Waals surface area contributed by atoms with Gasteiger partial charge in [0.05, 0.1) is 0 Å². The Morgan fingerprint density at radius 2 is 1.31 bits per heavy atom. The van der Waals surface area contributed by atoms with E-state index in [-0.39, 0.29) is 12.0 Å². The van der Waals surface area contributed by atoms with Crippen LogP contribution in [0, 0.1) is 6.92 Å². The lowest BCUT2D eigenvalue weighted by molar-refractivity contribution is 0.475. The molecule has 5 aromatic carbocycles. The molecule has 0 saturated carbocycles. The molecule has 0 amide bonds. The number of aryl methyl sites for hydroxylation is 1. The second-order valence-electron chi connectivity index (χ2n) is 11.7. The Balaban J connectivity index is 1.11. The van der Waals surface area contributed by atoms with Crippen molar-refractivity contribution in [1.82, 2.24) is 15.0 Å². The summed E-state index contributed by atoms with van der Waals surface area (Å²) in [6, 6.07) is 44.3. The van der Waals surface area contributed by atoms with E-state index >= 15 is 0 Å². The molecular weight excluding hydrogens is 552 g/mol. The van der Waals surface area contributed by atoms with Gasteiger partial charge in [-0.15, -0.1) is 0 Å². The van der Waals surface area contributed by atoms with Gasteiger partial charge in [0.15, 0.2) is 5.82 Å². The van der Waals surface area contributed by atoms with Crippen molar-refractivity contribution in [1.29, 1.82) is 0 Å². The predicted octanol–water partition coefficient (Wildman–Crippen LogP) is 9.93. The van der Waals surface area contributed by atoms with E-state index in [1.807, 2.05) is 25.1 Å². The second-order valence-corrected chi connectivity index (χ2v) is 11.7. The number of aromatic nitrogens is 3. The first-order chi connectivity index (χ1) is 22.2. The van der Waals surface area contributed by atoms with Crippen molar-refractivity contribution in [2.24, 2.45) is 0 Å². The minimum Gasteiger partial charge on any atom is -0.458 e. The Hall–Kier alpha value is -5.81. The minimum atomic E-state index is -0.0938. The Bertz CT molecular complexity index is 2250. The van der Waals surface area contributed by atoms with Crippen LogP contribution in [0.3, 0.4) is 0 Å². The summed E-state index contributed by atoms with van der Waals surface area (Å²) in [6.45, 7) is 1.94. The summed E-state index contributed by atoms with van der Waals surface area (Å²) in [6.07, 6.45) is 4.51. The largest absolute Gasteiger partial charge is 0.458 e. The van der Waals surface area contributed by atoms with E-state index in [9.17, 15) is 0 Å². The van der Waals surface area contributed by atoms with Gasteiger partial charge in [-0.25, -0.2) is 4.98 Å². The topological polar surface area (TPSA) is 55.1 Å². The van der Waals surface area contributed by atoms with Crippen LogP contribution in [0.1, 0.15) is 34.7 Å². The van der Waals surface area contributed by atoms with Gasteiger partial charge in [0.1, 0.15) is 23.2 Å². The van der Waals surface area contributed by atoms with Crippen molar-refractivity contribution in [3.05, 3.63) is 156 Å². The second kappa shape index (κ2) is 10.1. The van der Waals surface area contributed by atoms with E-state index in [1.54, 1.807) is 0 Å². The number of rotatable bonds is 4. The summed E-state index contributed by atoms with van der Waals surface area (Å²) in [4.78, 5) is 17.0. The summed E-state index contributed by atoms with van der Waals surface area (Å²) in [5.41, 5.74) is 10.0. The summed E-state index contributed by atoms with van der Waals surface area (Å²) >= 11 is 0. The van der Waals surface area contributed by atoms with Crippen LogP contribution >= 0.6 is 0 Å². The zero-order valence-corrected chi connectivity index (χ0v) is 24.6. The summed E-state index contributed by atoms with van der Waals surface area (Å²) in [7, 11) is 0. The first kappa shape index (κ1) is 25.7. The van der Waals surface area contributed by atoms with Crippen LogP contribution < -0.4 is 4.90 Å². The van der Waals surface area contributed by atoms with Crippen molar-refractivity contribution in [3.63, 3.8) is 0 Å². The van der Waals surface area contributed by atoms with Crippen molar-refractivity contribution < 1.29 is 4.42 Å². The number of fused-ring (bicyclic) bond motifs is 7. The number of benzene rings is 5. The molecule has 5 nitrogen and oxygen atoms in total. The highest BCUT2D eigenvalue weighted by atomic mass is 16.3. The Morgan fingerprint density at radius 3 is 2.16 bits per heavy atom. The predicted molar refractivity (Wildman–Crippen MR) is 180 cm³/mol. The molecule has 1 aliphatic carbocycles. The summed E-state index contributed by atoms with van der Waals surface area (Å²) in [5.74, 6) is 3.02. The number of furan rings is 1. The van der Waals surface area contributed by atoms with Crippen molar-refractivity contribution >= 4 is 28.7 Å². The molecule has 2 aromatic heterocycles. The van der Waals surface area contributed by atoms with Gasteiger partial charge in [-0.3, -0.25) is 4.90 Å². The smallest absolute Gasteiger partial charge is 0.234 e. The highest BCUT2D eigenvalue weighted by Crippen LogP contribution is 2.56. The maximum atomic E-state index is 6.56. The van der Waals surface area contributed by atoms with Crippen LogP contribution in [0.4, 0.5) is 11.6 Å². The molecular formula is C40H28N4O. The Labute approximate surface area is 261 Å². The number of anilines is 2. The van der Waals surface area contributed by atoms with Crippen LogP contribution in [0.5, 0.6) is 0 Å². The minimum absolute atomic E-state index is 0.0938. The lowest BCUT2D eigenvalue weighted by atomic mass is 9.86. The van der Waals surface area contributed by atoms with Crippen LogP contribution in [-0.4, -0.2) is 15.0 Å². The molecule has 214 valence electrons. The normalized spacial score (nSPS) is 16.4. The lowest BCUT2D eigenvalue weighted by Crippen LogP contribution is -2.25. The zero-order valence-electron chi connectivity index (χ0n) is 24.6. The quantitative estimate of drug-likeness (QED) is 0.207. The molecule has 2 atom stereocenters. The highest BCUT2D eigenvalue weighted by molar-refractivity contribution is 5.91. The van der Waals surface area contributed by atoms with Gasteiger partial charge in [-0.1, -0.05) is 121 Å². The third kappa shape index (κ3) is 4.20. The average Bonchev–Trinajstić information content (AvgIpc) is 3.65. The van der Waals surface area contributed by atoms with Gasteiger partial charge in [-0.2, -0.15) is 9.97 Å². The van der Waals surface area contributed by atoms with Crippen molar-refractivity contribution in [2.75, 3.05) is 4.90 Å². The van der Waals surface area contributed by atoms with Gasteiger partial charge in [0, 0.05) is 28.1 Å². The van der Waals surface area contributed by atoms with E-state index in [1.165, 1.54) is 22.3 Å². The molecule has 3 heterocycles. The standard InChI is InChI=1S/C40H28N4O/c1-25-41-39(28-20-18-27(19-21-28)30-13-9-12-29(24-30)26-10-3-2-4-11-26)43-40(42-25)44-35-16-7-5-14-31(35)33-22-23-34-32-15-6-8-17-36(32)45-38(34)37(33)44/h2-24,33,37H,1H3. The maximum absolute atomic E-state index is 6.56. The van der Waals surface area contributed by atoms with Crippen molar-refractivity contribution in [2.45, 2.75) is 18.9 Å². The van der Waals surface area contributed by atoms with Gasteiger partial charge < -0.3 is 4.42 Å². The van der Waals surface area contributed by atoms with Gasteiger partial charge in [-0.05, 0) is 52.9 Å². The molecule has 2 unspecified atom stereocenters. The third-order valence-corrected chi connectivity index (χ3v) is 8.97. The average molecular weight is 581 g/mol. The van der Waals surface area contributed by atoms with E-state index < -0.39 is 0 Å². The molecule has 0 radical (unpaired) electrons. The summed E-state index contributed by atoms with van der Waals surface area (Å²) in [5, 5.41) is 1.13. The third-order valence-electron chi connectivity index (χ3n) is 8.97. The van der Waals surface area contributed by atoms with Crippen molar-refractivity contribution in [3.8, 4) is 33.6 Å². The molecule has 5 heteroatoms. The van der Waals surface area contributed by atoms with Crippen LogP contribution in [0.15, 0.2) is 138 Å². The van der Waals surface area contributed by atoms with Crippen LogP contribution in [0.25, 0.3) is 50.7 Å². The monoisotopic (exact) mass is 580 g/mol. The molecule has 0 spiro atoms. The molecule has 1 aliphatic heterocycles. The Morgan fingerprint density at radius 1 is 0.622 bits per heavy atom. The highest BCUT2D eigenvalue weighted by Gasteiger charge is 2.45. The summed E-state index contributed by atoms with van der Waals surface area (Å²) < 4.78 is 6.56. The molecule has 45 heavy (non-hydrogen) atoms. The van der Waals surface area contributed by atoms with Gasteiger partial charge in [0.2, 0.25) is 5.95 Å². The Kier molecular flexibility index (Phi) is 5.78. The lowest BCUT2D eigenvalue weighted by Gasteiger charge is -2.29. The van der Waals surface area contributed by atoms with Crippen LogP contribution in [-0.2, 0) is 0 Å². The fraction of sp³-hybridized carbons (Fsp3) is 0.0750. The molecule has 0 bridgehead atoms. The van der Waals surface area contributed by atoms with Gasteiger partial charge in [0.25, 0.3) is 0 Å².